The zero-order chi connectivity index (χ0) is 19.6. The second kappa shape index (κ2) is 7.39. The van der Waals surface area contributed by atoms with Crippen LogP contribution in [0.1, 0.15) is 47.9 Å². The maximum absolute atomic E-state index is 14.6. The van der Waals surface area contributed by atoms with Crippen molar-refractivity contribution in [3.05, 3.63) is 35.1 Å². The van der Waals surface area contributed by atoms with Crippen molar-refractivity contribution in [1.82, 2.24) is 4.90 Å². The first-order chi connectivity index (χ1) is 12.0. The Morgan fingerprint density at radius 3 is 2.38 bits per heavy atom. The van der Waals surface area contributed by atoms with Crippen LogP contribution in [0.15, 0.2) is 18.2 Å². The van der Waals surface area contributed by atoms with Gasteiger partial charge in [0.25, 0.3) is 0 Å². The van der Waals surface area contributed by atoms with Gasteiger partial charge in [0.2, 0.25) is 0 Å². The Balaban J connectivity index is 2.33. The molecule has 0 bridgehead atoms. The minimum absolute atomic E-state index is 0.264. The molecule has 1 saturated heterocycles. The van der Waals surface area contributed by atoms with Crippen LogP contribution in [0.3, 0.4) is 0 Å². The molecule has 0 radical (unpaired) electrons. The minimum atomic E-state index is -1.43. The number of hydrogen-bond acceptors (Lipinski definition) is 5. The molecule has 0 saturated carbocycles. The molecule has 0 unspecified atom stereocenters. The summed E-state index contributed by atoms with van der Waals surface area (Å²) in [6.45, 7) is 4.61. The fourth-order valence-electron chi connectivity index (χ4n) is 2.72. The van der Waals surface area contributed by atoms with Crippen molar-refractivity contribution in [2.24, 2.45) is 0 Å². The van der Waals surface area contributed by atoms with Crippen LogP contribution in [0.25, 0.3) is 0 Å². The molecule has 142 valence electrons. The van der Waals surface area contributed by atoms with Gasteiger partial charge >= 0.3 is 12.1 Å². The number of hydrogen-bond donors (Lipinski definition) is 0. The lowest BCUT2D eigenvalue weighted by molar-refractivity contribution is 0.0214. The van der Waals surface area contributed by atoms with E-state index in [1.54, 1.807) is 20.8 Å². The summed E-state index contributed by atoms with van der Waals surface area (Å²) in [5, 5.41) is 0. The van der Waals surface area contributed by atoms with Crippen molar-refractivity contribution < 1.29 is 32.6 Å². The van der Waals surface area contributed by atoms with Crippen LogP contribution in [0.2, 0.25) is 0 Å². The lowest BCUT2D eigenvalue weighted by Crippen LogP contribution is -2.43. The monoisotopic (exact) mass is 369 g/mol. The number of Topliss-reactive ketones (excluding diaryl/α,β-unsaturated/α-hetero) is 1. The standard InChI is InChI=1S/C18H21F2NO5/c1-18(2,3)26-17(24)21-9-10(19)8-13(21)15(22)11-6-5-7-12(14(11)20)16(23)25-4/h5-7,10,13H,8-9H2,1-4H3/t10-,13-/m1/s1. The molecule has 1 fully saturated rings. The van der Waals surface area contributed by atoms with Crippen molar-refractivity contribution in [3.8, 4) is 0 Å². The van der Waals surface area contributed by atoms with Crippen molar-refractivity contribution in [3.63, 3.8) is 0 Å². The van der Waals surface area contributed by atoms with Gasteiger partial charge in [-0.3, -0.25) is 9.69 Å². The van der Waals surface area contributed by atoms with Gasteiger partial charge < -0.3 is 9.47 Å². The first kappa shape index (κ1) is 19.8. The number of likely N-dealkylation sites (tertiary alicyclic amines) is 1. The quantitative estimate of drug-likeness (QED) is 0.605. The van der Waals surface area contributed by atoms with E-state index >= 15 is 0 Å². The number of benzene rings is 1. The molecular formula is C18H21F2NO5. The molecule has 1 aromatic rings. The Hall–Kier alpha value is -2.51. The molecule has 1 aliphatic rings. The molecule has 2 rings (SSSR count). The number of methoxy groups -OCH3 is 1. The summed E-state index contributed by atoms with van der Waals surface area (Å²) < 4.78 is 38.1. The molecule has 1 amide bonds. The summed E-state index contributed by atoms with van der Waals surface area (Å²) in [6.07, 6.45) is -2.54. The minimum Gasteiger partial charge on any atom is -0.465 e. The van der Waals surface area contributed by atoms with Crippen LogP contribution in [0.4, 0.5) is 13.6 Å². The van der Waals surface area contributed by atoms with Gasteiger partial charge in [-0.25, -0.2) is 18.4 Å². The maximum atomic E-state index is 14.6. The van der Waals surface area contributed by atoms with E-state index in [2.05, 4.69) is 4.74 Å². The Morgan fingerprint density at radius 2 is 1.81 bits per heavy atom. The number of ketones is 1. The molecule has 0 aliphatic carbocycles. The summed E-state index contributed by atoms with van der Waals surface area (Å²) >= 11 is 0. The molecule has 1 aromatic carbocycles. The largest absolute Gasteiger partial charge is 0.465 e. The zero-order valence-corrected chi connectivity index (χ0v) is 15.0. The van der Waals surface area contributed by atoms with Gasteiger partial charge in [0.05, 0.1) is 24.8 Å². The molecule has 6 nitrogen and oxygen atoms in total. The molecular weight excluding hydrogens is 348 g/mol. The van der Waals surface area contributed by atoms with E-state index in [0.717, 1.165) is 12.0 Å². The highest BCUT2D eigenvalue weighted by molar-refractivity contribution is 6.04. The van der Waals surface area contributed by atoms with Crippen LogP contribution < -0.4 is 0 Å². The number of halogens is 2. The highest BCUT2D eigenvalue weighted by Gasteiger charge is 2.42. The Labute approximate surface area is 150 Å². The lowest BCUT2D eigenvalue weighted by Gasteiger charge is -2.27. The number of carbonyl (C=O) groups excluding carboxylic acids is 3. The molecule has 0 spiro atoms. The van der Waals surface area contributed by atoms with Crippen LogP contribution >= 0.6 is 0 Å². The molecule has 26 heavy (non-hydrogen) atoms. The lowest BCUT2D eigenvalue weighted by atomic mass is 9.99. The van der Waals surface area contributed by atoms with Crippen molar-refractivity contribution in [1.29, 1.82) is 0 Å². The summed E-state index contributed by atoms with van der Waals surface area (Å²) in [4.78, 5) is 37.6. The zero-order valence-electron chi connectivity index (χ0n) is 15.0. The molecule has 0 aromatic heterocycles. The summed E-state index contributed by atoms with van der Waals surface area (Å²) in [7, 11) is 1.09. The van der Waals surface area contributed by atoms with Crippen molar-refractivity contribution in [2.45, 2.75) is 45.0 Å². The number of nitrogens with zero attached hydrogens (tertiary/aromatic N) is 1. The van der Waals surface area contributed by atoms with E-state index in [9.17, 15) is 23.2 Å². The number of amides is 1. The van der Waals surface area contributed by atoms with Crippen molar-refractivity contribution in [2.75, 3.05) is 13.7 Å². The molecule has 0 N–H and O–H groups in total. The maximum Gasteiger partial charge on any atom is 0.411 e. The SMILES string of the molecule is COC(=O)c1cccc(C(=O)[C@H]2C[C@@H](F)CN2C(=O)OC(C)(C)C)c1F. The highest BCUT2D eigenvalue weighted by atomic mass is 19.1. The van der Waals surface area contributed by atoms with Gasteiger partial charge in [0, 0.05) is 6.42 Å². The normalized spacial score (nSPS) is 20.0. The first-order valence-electron chi connectivity index (χ1n) is 8.10. The summed E-state index contributed by atoms with van der Waals surface area (Å²) in [5.74, 6) is -2.79. The third-order valence-corrected chi connectivity index (χ3v) is 3.85. The van der Waals surface area contributed by atoms with Gasteiger partial charge in [0.15, 0.2) is 5.78 Å². The summed E-state index contributed by atoms with van der Waals surface area (Å²) in [6, 6.07) is 2.48. The number of esters is 1. The Kier molecular flexibility index (Phi) is 5.63. The highest BCUT2D eigenvalue weighted by Crippen LogP contribution is 2.27. The summed E-state index contributed by atoms with van der Waals surface area (Å²) in [5.41, 5.74) is -1.63. The fourth-order valence-corrected chi connectivity index (χ4v) is 2.72. The Morgan fingerprint density at radius 1 is 1.19 bits per heavy atom. The van der Waals surface area contributed by atoms with E-state index in [-0.39, 0.29) is 13.0 Å². The van der Waals surface area contributed by atoms with Crippen LogP contribution in [0.5, 0.6) is 0 Å². The smallest absolute Gasteiger partial charge is 0.411 e. The van der Waals surface area contributed by atoms with E-state index in [1.807, 2.05) is 0 Å². The number of alkyl halides is 1. The van der Waals surface area contributed by atoms with Gasteiger partial charge in [-0.05, 0) is 32.9 Å². The van der Waals surface area contributed by atoms with Gasteiger partial charge in [0.1, 0.15) is 23.6 Å². The third kappa shape index (κ3) is 4.17. The Bertz CT molecular complexity index is 729. The average molecular weight is 369 g/mol. The predicted octanol–water partition coefficient (Wildman–Crippen LogP) is 3.14. The van der Waals surface area contributed by atoms with Gasteiger partial charge in [-0.2, -0.15) is 0 Å². The van der Waals surface area contributed by atoms with E-state index in [0.29, 0.717) is 0 Å². The van der Waals surface area contributed by atoms with Crippen LogP contribution in [0, 0.1) is 5.82 Å². The predicted molar refractivity (Wildman–Crippen MR) is 88.3 cm³/mol. The molecule has 1 aliphatic heterocycles. The molecule has 2 atom stereocenters. The number of rotatable bonds is 3. The average Bonchev–Trinajstić information content (AvgIpc) is 2.94. The van der Waals surface area contributed by atoms with E-state index in [1.165, 1.54) is 18.2 Å². The fraction of sp³-hybridized carbons (Fsp3) is 0.500. The van der Waals surface area contributed by atoms with E-state index in [4.69, 9.17) is 4.74 Å². The first-order valence-corrected chi connectivity index (χ1v) is 8.10. The van der Waals surface area contributed by atoms with Gasteiger partial charge in [-0.1, -0.05) is 6.07 Å². The van der Waals surface area contributed by atoms with Crippen molar-refractivity contribution >= 4 is 17.8 Å². The number of carbonyl (C=O) groups is 3. The topological polar surface area (TPSA) is 72.9 Å². The second-order valence-corrected chi connectivity index (χ2v) is 7.00. The third-order valence-electron chi connectivity index (χ3n) is 3.85. The number of ether oxygens (including phenoxy) is 2. The van der Waals surface area contributed by atoms with Crippen LogP contribution in [-0.4, -0.2) is 54.2 Å². The van der Waals surface area contributed by atoms with Crippen LogP contribution in [-0.2, 0) is 9.47 Å². The second-order valence-electron chi connectivity index (χ2n) is 7.00. The molecule has 1 heterocycles. The van der Waals surface area contributed by atoms with E-state index < -0.39 is 52.6 Å². The van der Waals surface area contributed by atoms with Gasteiger partial charge in [-0.15, -0.1) is 0 Å². The molecule has 8 heteroatoms.